The summed E-state index contributed by atoms with van der Waals surface area (Å²) in [4.78, 5) is 11.8. The number of esters is 1. The first-order valence-electron chi connectivity index (χ1n) is 7.54. The molecule has 20 heavy (non-hydrogen) atoms. The Hall–Kier alpha value is -0.690. The topological polar surface area (TPSA) is 63.2 Å². The van der Waals surface area contributed by atoms with E-state index in [9.17, 15) is 4.79 Å². The van der Waals surface area contributed by atoms with E-state index >= 15 is 0 Å². The van der Waals surface area contributed by atoms with E-state index in [4.69, 9.17) is 23.7 Å². The maximum absolute atomic E-state index is 11.8. The van der Waals surface area contributed by atoms with Crippen LogP contribution >= 0.6 is 0 Å². The van der Waals surface area contributed by atoms with Crippen molar-refractivity contribution in [3.63, 3.8) is 0 Å². The number of carbonyl (C=O) groups excluding carboxylic acids is 1. The molecule has 3 fully saturated rings. The van der Waals surface area contributed by atoms with Crippen LogP contribution in [0.2, 0.25) is 0 Å². The molecule has 2 unspecified atom stereocenters. The Labute approximate surface area is 118 Å². The molecule has 0 aromatic rings. The first-order valence-corrected chi connectivity index (χ1v) is 7.54. The molecule has 0 aromatic carbocycles. The number of cyclic esters (lactones) is 1. The SMILES string of the molecule is O=C1OC[C@@H](OC2CCCCO2)[C@H]1OC1CCCCO1. The molecule has 6 heteroatoms. The summed E-state index contributed by atoms with van der Waals surface area (Å²) in [6.45, 7) is 1.63. The zero-order chi connectivity index (χ0) is 13.8. The van der Waals surface area contributed by atoms with Crippen LogP contribution in [0.3, 0.4) is 0 Å². The number of carbonyl (C=O) groups is 1. The van der Waals surface area contributed by atoms with Crippen LogP contribution in [0, 0.1) is 0 Å². The van der Waals surface area contributed by atoms with E-state index in [-0.39, 0.29) is 25.2 Å². The zero-order valence-electron chi connectivity index (χ0n) is 11.6. The Bertz CT molecular complexity index is 322. The third-order valence-electron chi connectivity index (χ3n) is 3.86. The van der Waals surface area contributed by atoms with Gasteiger partial charge in [0.2, 0.25) is 0 Å². The molecule has 3 rings (SSSR count). The van der Waals surface area contributed by atoms with Crippen molar-refractivity contribution in [2.45, 2.75) is 63.3 Å². The van der Waals surface area contributed by atoms with Gasteiger partial charge >= 0.3 is 5.97 Å². The summed E-state index contributed by atoms with van der Waals surface area (Å²) in [6, 6.07) is 0. The first-order chi connectivity index (χ1) is 9.83. The minimum atomic E-state index is -0.691. The first kappa shape index (κ1) is 14.3. The number of hydrogen-bond acceptors (Lipinski definition) is 6. The molecule has 0 bridgehead atoms. The van der Waals surface area contributed by atoms with Crippen LogP contribution in [0.25, 0.3) is 0 Å². The Morgan fingerprint density at radius 3 is 2.15 bits per heavy atom. The lowest BCUT2D eigenvalue weighted by Gasteiger charge is -2.29. The monoisotopic (exact) mass is 286 g/mol. The van der Waals surface area contributed by atoms with Gasteiger partial charge in [-0.1, -0.05) is 0 Å². The average Bonchev–Trinajstić information content (AvgIpc) is 2.83. The molecule has 0 aromatic heterocycles. The van der Waals surface area contributed by atoms with Crippen molar-refractivity contribution in [2.75, 3.05) is 19.8 Å². The fourth-order valence-electron chi connectivity index (χ4n) is 2.73. The smallest absolute Gasteiger partial charge is 0.338 e. The van der Waals surface area contributed by atoms with Gasteiger partial charge in [-0.2, -0.15) is 0 Å². The molecule has 0 radical (unpaired) electrons. The van der Waals surface area contributed by atoms with Gasteiger partial charge in [0, 0.05) is 13.2 Å². The lowest BCUT2D eigenvalue weighted by Crippen LogP contribution is -2.40. The van der Waals surface area contributed by atoms with Gasteiger partial charge in [-0.15, -0.1) is 0 Å². The normalized spacial score (nSPS) is 38.7. The maximum atomic E-state index is 11.8. The van der Waals surface area contributed by atoms with Crippen LogP contribution in [-0.2, 0) is 28.5 Å². The van der Waals surface area contributed by atoms with Gasteiger partial charge in [-0.05, 0) is 38.5 Å². The van der Waals surface area contributed by atoms with Gasteiger partial charge in [0.05, 0.1) is 0 Å². The number of rotatable bonds is 4. The summed E-state index contributed by atoms with van der Waals surface area (Å²) in [7, 11) is 0. The fourth-order valence-corrected chi connectivity index (χ4v) is 2.73. The standard InChI is InChI=1S/C14H22O6/c15-14-13(20-12-6-2-4-8-17-12)10(9-18-14)19-11-5-1-3-7-16-11/h10-13H,1-9H2/t10-,11?,12?,13-/m1/s1. The van der Waals surface area contributed by atoms with E-state index in [2.05, 4.69) is 0 Å². The molecule has 3 heterocycles. The van der Waals surface area contributed by atoms with Crippen LogP contribution in [0.5, 0.6) is 0 Å². The van der Waals surface area contributed by atoms with E-state index < -0.39 is 12.2 Å². The minimum absolute atomic E-state index is 0.232. The highest BCUT2D eigenvalue weighted by Gasteiger charge is 2.42. The van der Waals surface area contributed by atoms with Crippen molar-refractivity contribution < 1.29 is 28.5 Å². The Kier molecular flexibility index (Phi) is 4.88. The highest BCUT2D eigenvalue weighted by molar-refractivity contribution is 5.77. The van der Waals surface area contributed by atoms with Crippen LogP contribution in [0.15, 0.2) is 0 Å². The molecule has 3 saturated heterocycles. The van der Waals surface area contributed by atoms with E-state index in [0.717, 1.165) is 38.5 Å². The molecule has 4 atom stereocenters. The third kappa shape index (κ3) is 3.49. The van der Waals surface area contributed by atoms with E-state index in [1.54, 1.807) is 0 Å². The van der Waals surface area contributed by atoms with Crippen molar-refractivity contribution in [2.24, 2.45) is 0 Å². The van der Waals surface area contributed by atoms with Gasteiger partial charge in [-0.3, -0.25) is 0 Å². The lowest BCUT2D eigenvalue weighted by molar-refractivity contribution is -0.236. The molecular formula is C14H22O6. The van der Waals surface area contributed by atoms with E-state index in [1.807, 2.05) is 0 Å². The lowest BCUT2D eigenvalue weighted by atomic mass is 10.2. The van der Waals surface area contributed by atoms with Crippen molar-refractivity contribution in [1.82, 2.24) is 0 Å². The number of hydrogen-bond donors (Lipinski definition) is 0. The van der Waals surface area contributed by atoms with Gasteiger partial charge in [-0.25, -0.2) is 4.79 Å². The summed E-state index contributed by atoms with van der Waals surface area (Å²) in [5.41, 5.74) is 0. The molecule has 0 N–H and O–H groups in total. The molecular weight excluding hydrogens is 264 g/mol. The van der Waals surface area contributed by atoms with Crippen LogP contribution in [0.1, 0.15) is 38.5 Å². The van der Waals surface area contributed by atoms with Crippen molar-refractivity contribution in [3.8, 4) is 0 Å². The average molecular weight is 286 g/mol. The number of ether oxygens (including phenoxy) is 5. The minimum Gasteiger partial charge on any atom is -0.461 e. The predicted molar refractivity (Wildman–Crippen MR) is 67.9 cm³/mol. The molecule has 0 spiro atoms. The third-order valence-corrected chi connectivity index (χ3v) is 3.86. The molecule has 114 valence electrons. The second-order valence-corrected chi connectivity index (χ2v) is 5.45. The van der Waals surface area contributed by atoms with Crippen LogP contribution in [0.4, 0.5) is 0 Å². The molecule has 0 aliphatic carbocycles. The Morgan fingerprint density at radius 2 is 1.55 bits per heavy atom. The second-order valence-electron chi connectivity index (χ2n) is 5.45. The van der Waals surface area contributed by atoms with Crippen molar-refractivity contribution in [3.05, 3.63) is 0 Å². The molecule has 0 amide bonds. The molecule has 0 saturated carbocycles. The van der Waals surface area contributed by atoms with Crippen molar-refractivity contribution in [1.29, 1.82) is 0 Å². The zero-order valence-corrected chi connectivity index (χ0v) is 11.6. The summed E-state index contributed by atoms with van der Waals surface area (Å²) >= 11 is 0. The van der Waals surface area contributed by atoms with Gasteiger partial charge in [0.15, 0.2) is 18.7 Å². The fraction of sp³-hybridized carbons (Fsp3) is 0.929. The van der Waals surface area contributed by atoms with Crippen molar-refractivity contribution >= 4 is 5.97 Å². The second kappa shape index (κ2) is 6.85. The summed E-state index contributed by atoms with van der Waals surface area (Å²) < 4.78 is 27.7. The van der Waals surface area contributed by atoms with E-state index in [1.165, 1.54) is 0 Å². The molecule has 6 nitrogen and oxygen atoms in total. The van der Waals surface area contributed by atoms with Crippen LogP contribution in [-0.4, -0.2) is 50.6 Å². The highest BCUT2D eigenvalue weighted by atomic mass is 16.7. The maximum Gasteiger partial charge on any atom is 0.338 e. The molecule has 3 aliphatic rings. The van der Waals surface area contributed by atoms with Gasteiger partial charge < -0.3 is 23.7 Å². The van der Waals surface area contributed by atoms with E-state index in [0.29, 0.717) is 13.2 Å². The van der Waals surface area contributed by atoms with Crippen LogP contribution < -0.4 is 0 Å². The highest BCUT2D eigenvalue weighted by Crippen LogP contribution is 2.24. The quantitative estimate of drug-likeness (QED) is 0.727. The van der Waals surface area contributed by atoms with Gasteiger partial charge in [0.1, 0.15) is 12.7 Å². The Balaban J connectivity index is 1.53. The predicted octanol–water partition coefficient (Wildman–Crippen LogP) is 1.37. The summed E-state index contributed by atoms with van der Waals surface area (Å²) in [5.74, 6) is -0.361. The Morgan fingerprint density at radius 1 is 0.900 bits per heavy atom. The summed E-state index contributed by atoms with van der Waals surface area (Å²) in [5, 5.41) is 0. The largest absolute Gasteiger partial charge is 0.461 e. The van der Waals surface area contributed by atoms with Gasteiger partial charge in [0.25, 0.3) is 0 Å². The summed E-state index contributed by atoms with van der Waals surface area (Å²) in [6.07, 6.45) is 4.28. The molecule has 3 aliphatic heterocycles.